The molecule has 1 heteroatoms. The second-order valence-corrected chi connectivity index (χ2v) is 18.5. The van der Waals surface area contributed by atoms with Crippen LogP contribution < -0.4 is 4.90 Å². The minimum Gasteiger partial charge on any atom is -0.311 e. The van der Waals surface area contributed by atoms with Crippen LogP contribution in [0.4, 0.5) is 17.1 Å². The van der Waals surface area contributed by atoms with Crippen LogP contribution in [-0.2, 0) is 0 Å². The second kappa shape index (κ2) is 18.0. The molecule has 0 aliphatic carbocycles. The molecule has 0 aliphatic heterocycles. The summed E-state index contributed by atoms with van der Waals surface area (Å²) in [4.78, 5) is 2.37. The highest BCUT2D eigenvalue weighted by molar-refractivity contribution is 6.22. The zero-order chi connectivity index (χ0) is 47.1. The van der Waals surface area contributed by atoms with Crippen LogP contribution in [-0.4, -0.2) is 0 Å². The Morgan fingerprint density at radius 2 is 0.479 bits per heavy atom. The van der Waals surface area contributed by atoms with E-state index in [4.69, 9.17) is 0 Å². The van der Waals surface area contributed by atoms with E-state index in [1.807, 2.05) is 0 Å². The van der Waals surface area contributed by atoms with Gasteiger partial charge in [-0.25, -0.2) is 0 Å². The minimum absolute atomic E-state index is 1.09. The fourth-order valence-corrected chi connectivity index (χ4v) is 10.6. The first-order valence-corrected chi connectivity index (χ1v) is 24.5. The summed E-state index contributed by atoms with van der Waals surface area (Å²) in [5, 5.41) is 10.0. The number of hydrogen-bond donors (Lipinski definition) is 0. The molecular formula is C70H47N. The highest BCUT2D eigenvalue weighted by Gasteiger charge is 2.19. The van der Waals surface area contributed by atoms with Gasteiger partial charge < -0.3 is 4.90 Å². The molecule has 0 spiro atoms. The van der Waals surface area contributed by atoms with Crippen molar-refractivity contribution in [3.05, 3.63) is 285 Å². The molecular weight excluding hydrogens is 855 g/mol. The molecule has 0 heterocycles. The Morgan fingerprint density at radius 3 is 0.944 bits per heavy atom. The third kappa shape index (κ3) is 7.90. The standard InChI is InChI=1S/C70H47N/c1-3-15-55(16-4-1)69-67-22-12-11-21-65(67)66-44-37-61(47-68(66)70(69)56-17-5-2-6-18-56)54-35-42-64(43-36-54)71(63-40-33-53(34-41-63)60-30-28-49-14-8-10-20-58(49)46-60)62-38-31-51(32-39-62)50-23-25-52(26-24-50)59-29-27-48-13-7-9-19-57(48)45-59/h1-47H. The van der Waals surface area contributed by atoms with Gasteiger partial charge in [0.15, 0.2) is 0 Å². The summed E-state index contributed by atoms with van der Waals surface area (Å²) in [5.74, 6) is 0. The van der Waals surface area contributed by atoms with Gasteiger partial charge in [0, 0.05) is 17.1 Å². The Bertz CT molecular complexity index is 4040. The SMILES string of the molecule is c1ccc(-c2c(-c3ccccc3)c3cc(-c4ccc(N(c5ccc(-c6ccc(-c7ccc8ccccc8c7)cc6)cc5)c5ccc(-c6ccc7ccccc7c6)cc5)cc4)ccc3c3ccccc23)cc1. The van der Waals surface area contributed by atoms with Gasteiger partial charge in [-0.05, 0) is 164 Å². The first kappa shape index (κ1) is 41.9. The van der Waals surface area contributed by atoms with Gasteiger partial charge in [0.1, 0.15) is 0 Å². The fraction of sp³-hybridized carbons (Fsp3) is 0. The lowest BCUT2D eigenvalue weighted by Crippen LogP contribution is -2.09. The quantitative estimate of drug-likeness (QED) is 0.131. The van der Waals surface area contributed by atoms with E-state index in [9.17, 15) is 0 Å². The van der Waals surface area contributed by atoms with Crippen LogP contribution in [0.3, 0.4) is 0 Å². The average molecular weight is 902 g/mol. The van der Waals surface area contributed by atoms with Crippen LogP contribution in [0.5, 0.6) is 0 Å². The van der Waals surface area contributed by atoms with Crippen LogP contribution in [0.15, 0.2) is 285 Å². The zero-order valence-electron chi connectivity index (χ0n) is 39.1. The molecule has 332 valence electrons. The van der Waals surface area contributed by atoms with Crippen molar-refractivity contribution in [2.24, 2.45) is 0 Å². The molecule has 71 heavy (non-hydrogen) atoms. The maximum absolute atomic E-state index is 2.40. The van der Waals surface area contributed by atoms with E-state index in [2.05, 4.69) is 290 Å². The molecule has 0 radical (unpaired) electrons. The Balaban J connectivity index is 0.879. The van der Waals surface area contributed by atoms with Gasteiger partial charge in [0.25, 0.3) is 0 Å². The van der Waals surface area contributed by atoms with Crippen LogP contribution in [0.1, 0.15) is 0 Å². The predicted octanol–water partition coefficient (Wildman–Crippen LogP) is 19.8. The molecule has 0 N–H and O–H groups in total. The molecule has 0 atom stereocenters. The molecule has 13 rings (SSSR count). The van der Waals surface area contributed by atoms with Gasteiger partial charge >= 0.3 is 0 Å². The van der Waals surface area contributed by atoms with Crippen LogP contribution >= 0.6 is 0 Å². The van der Waals surface area contributed by atoms with Crippen molar-refractivity contribution < 1.29 is 0 Å². The van der Waals surface area contributed by atoms with E-state index < -0.39 is 0 Å². The zero-order valence-corrected chi connectivity index (χ0v) is 39.1. The third-order valence-corrected chi connectivity index (χ3v) is 14.2. The smallest absolute Gasteiger partial charge is 0.0462 e. The van der Waals surface area contributed by atoms with Crippen molar-refractivity contribution in [1.82, 2.24) is 0 Å². The predicted molar refractivity (Wildman–Crippen MR) is 304 cm³/mol. The summed E-state index contributed by atoms with van der Waals surface area (Å²) in [5.41, 5.74) is 17.7. The van der Waals surface area contributed by atoms with Crippen molar-refractivity contribution in [2.45, 2.75) is 0 Å². The molecule has 0 fully saturated rings. The normalized spacial score (nSPS) is 11.4. The number of fused-ring (bicyclic) bond motifs is 5. The Kier molecular flexibility index (Phi) is 10.6. The maximum Gasteiger partial charge on any atom is 0.0462 e. The van der Waals surface area contributed by atoms with Gasteiger partial charge in [-0.2, -0.15) is 0 Å². The van der Waals surface area contributed by atoms with Crippen LogP contribution in [0.25, 0.3) is 110 Å². The Morgan fingerprint density at radius 1 is 0.169 bits per heavy atom. The summed E-state index contributed by atoms with van der Waals surface area (Å²) in [7, 11) is 0. The fourth-order valence-electron chi connectivity index (χ4n) is 10.6. The number of rotatable bonds is 9. The van der Waals surface area contributed by atoms with E-state index in [0.717, 1.165) is 22.6 Å². The topological polar surface area (TPSA) is 3.24 Å². The number of hydrogen-bond acceptors (Lipinski definition) is 1. The largest absolute Gasteiger partial charge is 0.311 e. The lowest BCUT2D eigenvalue weighted by atomic mass is 9.84. The van der Waals surface area contributed by atoms with E-state index in [1.54, 1.807) is 0 Å². The number of benzene rings is 13. The number of nitrogens with zero attached hydrogens (tertiary/aromatic N) is 1. The van der Waals surface area contributed by atoms with E-state index in [1.165, 1.54) is 104 Å². The molecule has 13 aromatic carbocycles. The summed E-state index contributed by atoms with van der Waals surface area (Å²) < 4.78 is 0. The molecule has 0 saturated heterocycles. The van der Waals surface area contributed by atoms with Crippen molar-refractivity contribution in [3.63, 3.8) is 0 Å². The summed E-state index contributed by atoms with van der Waals surface area (Å²) in [6, 6.07) is 104. The third-order valence-electron chi connectivity index (χ3n) is 14.2. The van der Waals surface area contributed by atoms with Crippen LogP contribution in [0, 0.1) is 0 Å². The van der Waals surface area contributed by atoms with Gasteiger partial charge in [-0.1, -0.05) is 231 Å². The van der Waals surface area contributed by atoms with Crippen molar-refractivity contribution in [1.29, 1.82) is 0 Å². The molecule has 0 bridgehead atoms. The van der Waals surface area contributed by atoms with Crippen molar-refractivity contribution in [2.75, 3.05) is 4.90 Å². The summed E-state index contributed by atoms with van der Waals surface area (Å²) in [6.07, 6.45) is 0. The van der Waals surface area contributed by atoms with Crippen molar-refractivity contribution in [3.8, 4) is 66.8 Å². The van der Waals surface area contributed by atoms with Crippen molar-refractivity contribution >= 4 is 60.2 Å². The molecule has 0 unspecified atom stereocenters. The van der Waals surface area contributed by atoms with Gasteiger partial charge in [-0.15, -0.1) is 0 Å². The summed E-state index contributed by atoms with van der Waals surface area (Å²) in [6.45, 7) is 0. The summed E-state index contributed by atoms with van der Waals surface area (Å²) >= 11 is 0. The maximum atomic E-state index is 2.40. The molecule has 0 amide bonds. The average Bonchev–Trinajstić information content (AvgIpc) is 3.45. The minimum atomic E-state index is 1.09. The van der Waals surface area contributed by atoms with E-state index in [-0.39, 0.29) is 0 Å². The molecule has 0 aromatic heterocycles. The lowest BCUT2D eigenvalue weighted by Gasteiger charge is -2.26. The van der Waals surface area contributed by atoms with Gasteiger partial charge in [0.2, 0.25) is 0 Å². The monoisotopic (exact) mass is 901 g/mol. The van der Waals surface area contributed by atoms with E-state index >= 15 is 0 Å². The second-order valence-electron chi connectivity index (χ2n) is 18.5. The Labute approximate surface area is 414 Å². The molecule has 0 aliphatic rings. The molecule has 1 nitrogen and oxygen atoms in total. The van der Waals surface area contributed by atoms with Gasteiger partial charge in [-0.3, -0.25) is 0 Å². The first-order chi connectivity index (χ1) is 35.2. The van der Waals surface area contributed by atoms with Crippen LogP contribution in [0.2, 0.25) is 0 Å². The molecule has 13 aromatic rings. The Hall–Kier alpha value is -9.30. The highest BCUT2D eigenvalue weighted by Crippen LogP contribution is 2.46. The lowest BCUT2D eigenvalue weighted by molar-refractivity contribution is 1.28. The first-order valence-electron chi connectivity index (χ1n) is 24.5. The highest BCUT2D eigenvalue weighted by atomic mass is 15.1. The van der Waals surface area contributed by atoms with Gasteiger partial charge in [0.05, 0.1) is 0 Å². The van der Waals surface area contributed by atoms with E-state index in [0.29, 0.717) is 0 Å². The molecule has 0 saturated carbocycles. The number of anilines is 3.